The van der Waals surface area contributed by atoms with Crippen molar-refractivity contribution in [1.82, 2.24) is 9.71 Å². The number of fused-ring (bicyclic) bond motifs is 1. The lowest BCUT2D eigenvalue weighted by atomic mass is 9.69. The molecule has 0 aliphatic heterocycles. The van der Waals surface area contributed by atoms with Crippen LogP contribution in [0.25, 0.3) is 10.9 Å². The van der Waals surface area contributed by atoms with Crippen LogP contribution in [0.5, 0.6) is 0 Å². The highest BCUT2D eigenvalue weighted by atomic mass is 19.1. The maximum atomic E-state index is 14.8. The molecule has 2 N–H and O–H groups in total. The van der Waals surface area contributed by atoms with E-state index in [9.17, 15) is 19.2 Å². The number of primary amides is 1. The summed E-state index contributed by atoms with van der Waals surface area (Å²) in [4.78, 5) is 34.0. The third-order valence-corrected chi connectivity index (χ3v) is 4.83. The molecule has 8 heteroatoms. The van der Waals surface area contributed by atoms with Gasteiger partial charge >= 0.3 is 0 Å². The van der Waals surface area contributed by atoms with Gasteiger partial charge < -0.3 is 10.6 Å². The molecule has 1 aliphatic carbocycles. The average Bonchev–Trinajstić information content (AvgIpc) is 2.64. The van der Waals surface area contributed by atoms with Crippen LogP contribution in [0, 0.1) is 17.1 Å². The number of nitriles is 1. The van der Waals surface area contributed by atoms with Gasteiger partial charge in [-0.05, 0) is 31.9 Å². The third kappa shape index (κ3) is 2.69. The summed E-state index contributed by atoms with van der Waals surface area (Å²) >= 11 is 0. The number of nitrogens with two attached hydrogens (primary N) is 1. The Kier molecular flexibility index (Phi) is 4.64. The molecule has 1 heterocycles. The lowest BCUT2D eigenvalue weighted by Gasteiger charge is -2.32. The zero-order chi connectivity index (χ0) is 18.9. The van der Waals surface area contributed by atoms with Gasteiger partial charge in [0.1, 0.15) is 12.4 Å². The van der Waals surface area contributed by atoms with Crippen molar-refractivity contribution in [1.29, 1.82) is 5.26 Å². The van der Waals surface area contributed by atoms with Gasteiger partial charge in [-0.25, -0.2) is 9.37 Å². The molecule has 1 aromatic heterocycles. The molecule has 2 aromatic rings. The van der Waals surface area contributed by atoms with Gasteiger partial charge in [0.2, 0.25) is 5.82 Å². The van der Waals surface area contributed by atoms with E-state index in [1.165, 1.54) is 12.1 Å². The number of rotatable bonds is 4. The fourth-order valence-corrected chi connectivity index (χ4v) is 3.68. The molecule has 1 aromatic carbocycles. The fraction of sp³-hybridized carbons (Fsp3) is 0.444. The summed E-state index contributed by atoms with van der Waals surface area (Å²) in [7, 11) is 0. The highest BCUT2D eigenvalue weighted by molar-refractivity contribution is 5.92. The van der Waals surface area contributed by atoms with Gasteiger partial charge in [0.25, 0.3) is 11.5 Å². The van der Waals surface area contributed by atoms with Crippen LogP contribution < -0.4 is 16.1 Å². The van der Waals surface area contributed by atoms with E-state index in [0.29, 0.717) is 17.6 Å². The minimum Gasteiger partial charge on any atom is -0.409 e. The Morgan fingerprint density at radius 1 is 1.42 bits per heavy atom. The Labute approximate surface area is 149 Å². The molecule has 7 nitrogen and oxygen atoms in total. The normalized spacial score (nSPS) is 16.2. The lowest BCUT2D eigenvalue weighted by molar-refractivity contribution is 0.0834. The summed E-state index contributed by atoms with van der Waals surface area (Å²) in [6, 6.07) is 4.72. The summed E-state index contributed by atoms with van der Waals surface area (Å²) in [6.45, 7) is 1.72. The van der Waals surface area contributed by atoms with E-state index in [0.717, 1.165) is 19.3 Å². The van der Waals surface area contributed by atoms with E-state index in [4.69, 9.17) is 10.6 Å². The highest BCUT2D eigenvalue weighted by Gasteiger charge is 2.39. The largest absolute Gasteiger partial charge is 0.409 e. The Morgan fingerprint density at radius 2 is 2.12 bits per heavy atom. The summed E-state index contributed by atoms with van der Waals surface area (Å²) in [5.41, 5.74) is 3.63. The number of aromatic nitrogens is 2. The van der Waals surface area contributed by atoms with E-state index in [2.05, 4.69) is 11.1 Å². The van der Waals surface area contributed by atoms with Crippen LogP contribution >= 0.6 is 0 Å². The SMILES string of the molecule is CCOn1c(C(N)=O)nc2ccc(F)c(C3(C#N)CCCCC3)c2c1=O. The Bertz CT molecular complexity index is 971. The number of halogens is 1. The second-order valence-electron chi connectivity index (χ2n) is 6.39. The zero-order valence-corrected chi connectivity index (χ0v) is 14.4. The number of nitrogens with zero attached hydrogens (tertiary/aromatic N) is 3. The molecule has 0 bridgehead atoms. The lowest BCUT2D eigenvalue weighted by Crippen LogP contribution is -2.37. The molecule has 1 aliphatic rings. The first kappa shape index (κ1) is 17.9. The summed E-state index contributed by atoms with van der Waals surface area (Å²) in [5.74, 6) is -1.93. The van der Waals surface area contributed by atoms with Gasteiger partial charge in [-0.3, -0.25) is 9.59 Å². The molecule has 1 fully saturated rings. The van der Waals surface area contributed by atoms with E-state index in [-0.39, 0.29) is 28.9 Å². The summed E-state index contributed by atoms with van der Waals surface area (Å²) in [6.07, 6.45) is 3.44. The van der Waals surface area contributed by atoms with Crippen molar-refractivity contribution in [3.8, 4) is 6.07 Å². The summed E-state index contributed by atoms with van der Waals surface area (Å²) in [5, 5.41) is 9.80. The standard InChI is InChI=1S/C18H19FN4O3/c1-2-26-23-16(15(21)24)22-12-7-6-11(19)14(13(12)17(23)25)18(10-20)8-4-3-5-9-18/h6-7H,2-5,8-9H2,1H3,(H2,21,24). The number of amides is 1. The Balaban J connectivity index is 2.42. The molecular weight excluding hydrogens is 339 g/mol. The van der Waals surface area contributed by atoms with Gasteiger partial charge in [0.15, 0.2) is 0 Å². The number of benzene rings is 1. The van der Waals surface area contributed by atoms with Crippen LogP contribution in [0.2, 0.25) is 0 Å². The molecule has 0 saturated heterocycles. The molecule has 1 amide bonds. The molecule has 136 valence electrons. The molecule has 0 atom stereocenters. The molecule has 1 saturated carbocycles. The monoisotopic (exact) mass is 358 g/mol. The van der Waals surface area contributed by atoms with E-state index < -0.39 is 22.7 Å². The number of hydrogen-bond acceptors (Lipinski definition) is 5. The van der Waals surface area contributed by atoms with E-state index >= 15 is 0 Å². The topological polar surface area (TPSA) is 111 Å². The molecule has 26 heavy (non-hydrogen) atoms. The first-order valence-corrected chi connectivity index (χ1v) is 8.55. The van der Waals surface area contributed by atoms with Crippen LogP contribution in [0.15, 0.2) is 16.9 Å². The van der Waals surface area contributed by atoms with Crippen LogP contribution in [0.3, 0.4) is 0 Å². The number of carbonyl (C=O) groups is 1. The molecule has 0 radical (unpaired) electrons. The minimum atomic E-state index is -1.10. The van der Waals surface area contributed by atoms with Gasteiger partial charge in [-0.15, -0.1) is 4.73 Å². The predicted molar refractivity (Wildman–Crippen MR) is 92.0 cm³/mol. The van der Waals surface area contributed by atoms with Crippen molar-refractivity contribution in [3.05, 3.63) is 39.7 Å². The van der Waals surface area contributed by atoms with Crippen LogP contribution in [0.1, 0.15) is 55.2 Å². The molecule has 3 rings (SSSR count). The van der Waals surface area contributed by atoms with Gasteiger partial charge in [-0.1, -0.05) is 19.3 Å². The van der Waals surface area contributed by atoms with Crippen LogP contribution in [-0.2, 0) is 5.41 Å². The van der Waals surface area contributed by atoms with Gasteiger partial charge in [0, 0.05) is 5.56 Å². The van der Waals surface area contributed by atoms with Crippen molar-refractivity contribution in [2.75, 3.05) is 6.61 Å². The maximum absolute atomic E-state index is 14.8. The second-order valence-corrected chi connectivity index (χ2v) is 6.39. The highest BCUT2D eigenvalue weighted by Crippen LogP contribution is 2.42. The second kappa shape index (κ2) is 6.75. The van der Waals surface area contributed by atoms with Crippen molar-refractivity contribution in [3.63, 3.8) is 0 Å². The Hall–Kier alpha value is -2.95. The van der Waals surface area contributed by atoms with Crippen molar-refractivity contribution in [2.24, 2.45) is 5.73 Å². The average molecular weight is 358 g/mol. The van der Waals surface area contributed by atoms with Gasteiger partial charge in [-0.2, -0.15) is 5.26 Å². The van der Waals surface area contributed by atoms with Crippen molar-refractivity contribution >= 4 is 16.8 Å². The maximum Gasteiger partial charge on any atom is 0.295 e. The van der Waals surface area contributed by atoms with Crippen LogP contribution in [0.4, 0.5) is 4.39 Å². The first-order valence-electron chi connectivity index (χ1n) is 8.55. The minimum absolute atomic E-state index is 0.0353. The summed E-state index contributed by atoms with van der Waals surface area (Å²) < 4.78 is 15.5. The third-order valence-electron chi connectivity index (χ3n) is 4.83. The molecular formula is C18H19FN4O3. The van der Waals surface area contributed by atoms with Crippen molar-refractivity contribution in [2.45, 2.75) is 44.4 Å². The predicted octanol–water partition coefficient (Wildman–Crippen LogP) is 1.81. The van der Waals surface area contributed by atoms with E-state index in [1.807, 2.05) is 0 Å². The smallest absolute Gasteiger partial charge is 0.295 e. The van der Waals surface area contributed by atoms with Crippen molar-refractivity contribution < 1.29 is 14.0 Å². The zero-order valence-electron chi connectivity index (χ0n) is 14.4. The van der Waals surface area contributed by atoms with Gasteiger partial charge in [0.05, 0.1) is 22.4 Å². The first-order chi connectivity index (χ1) is 12.4. The number of hydrogen-bond donors (Lipinski definition) is 1. The number of carbonyl (C=O) groups excluding carboxylic acids is 1. The van der Waals surface area contributed by atoms with Crippen LogP contribution in [-0.4, -0.2) is 22.2 Å². The fourth-order valence-electron chi connectivity index (χ4n) is 3.68. The Morgan fingerprint density at radius 3 is 2.69 bits per heavy atom. The van der Waals surface area contributed by atoms with E-state index in [1.54, 1.807) is 6.92 Å². The molecule has 0 spiro atoms. The quantitative estimate of drug-likeness (QED) is 0.896. The molecule has 0 unspecified atom stereocenters.